The highest BCUT2D eigenvalue weighted by Crippen LogP contribution is 2.25. The van der Waals surface area contributed by atoms with Crippen molar-refractivity contribution in [2.24, 2.45) is 17.6 Å². The van der Waals surface area contributed by atoms with Crippen molar-refractivity contribution in [1.29, 1.82) is 0 Å². The van der Waals surface area contributed by atoms with Crippen molar-refractivity contribution >= 4 is 11.8 Å². The summed E-state index contributed by atoms with van der Waals surface area (Å²) in [5, 5.41) is 0. The van der Waals surface area contributed by atoms with Crippen LogP contribution in [0.25, 0.3) is 0 Å². The SMILES string of the molecule is CC(C)C1C=CCN1C(=O)C1CCN(CC(N)=O)CC1. The van der Waals surface area contributed by atoms with Crippen LogP contribution in [0.3, 0.4) is 0 Å². The van der Waals surface area contributed by atoms with Gasteiger partial charge in [-0.15, -0.1) is 0 Å². The largest absolute Gasteiger partial charge is 0.369 e. The second-order valence-corrected chi connectivity index (χ2v) is 6.17. The van der Waals surface area contributed by atoms with Crippen molar-refractivity contribution in [2.45, 2.75) is 32.7 Å². The third kappa shape index (κ3) is 3.39. The minimum absolute atomic E-state index is 0.0975. The fourth-order valence-corrected chi connectivity index (χ4v) is 3.15. The molecule has 1 unspecified atom stereocenters. The van der Waals surface area contributed by atoms with Crippen LogP contribution < -0.4 is 5.73 Å². The molecule has 0 bridgehead atoms. The molecule has 2 aliphatic rings. The molecule has 2 heterocycles. The molecule has 5 heteroatoms. The fraction of sp³-hybridized carbons (Fsp3) is 0.733. The molecule has 0 aromatic heterocycles. The van der Waals surface area contributed by atoms with Crippen LogP contribution in [0.15, 0.2) is 12.2 Å². The van der Waals surface area contributed by atoms with Gasteiger partial charge in [-0.1, -0.05) is 26.0 Å². The fourth-order valence-electron chi connectivity index (χ4n) is 3.15. The predicted octanol–water partition coefficient (Wildman–Crippen LogP) is 0.607. The topological polar surface area (TPSA) is 66.6 Å². The summed E-state index contributed by atoms with van der Waals surface area (Å²) in [7, 11) is 0. The number of rotatable bonds is 4. The van der Waals surface area contributed by atoms with Crippen molar-refractivity contribution in [3.05, 3.63) is 12.2 Å². The minimum Gasteiger partial charge on any atom is -0.369 e. The van der Waals surface area contributed by atoms with Crippen LogP contribution in [-0.4, -0.2) is 53.8 Å². The summed E-state index contributed by atoms with van der Waals surface area (Å²) < 4.78 is 0. The molecule has 112 valence electrons. The molecule has 0 aromatic rings. The molecule has 20 heavy (non-hydrogen) atoms. The molecule has 5 nitrogen and oxygen atoms in total. The summed E-state index contributed by atoms with van der Waals surface area (Å²) in [5.74, 6) is 0.527. The minimum atomic E-state index is -0.293. The zero-order valence-electron chi connectivity index (χ0n) is 12.4. The molecule has 2 rings (SSSR count). The van der Waals surface area contributed by atoms with E-state index in [1.807, 2.05) is 9.80 Å². The van der Waals surface area contributed by atoms with Crippen molar-refractivity contribution in [1.82, 2.24) is 9.80 Å². The van der Waals surface area contributed by atoms with Crippen LogP contribution in [0.4, 0.5) is 0 Å². The molecule has 0 aromatic carbocycles. The summed E-state index contributed by atoms with van der Waals surface area (Å²) in [4.78, 5) is 27.6. The maximum Gasteiger partial charge on any atom is 0.231 e. The van der Waals surface area contributed by atoms with Crippen molar-refractivity contribution in [3.63, 3.8) is 0 Å². The first-order valence-electron chi connectivity index (χ1n) is 7.47. The van der Waals surface area contributed by atoms with E-state index in [2.05, 4.69) is 26.0 Å². The Bertz CT molecular complexity index is 398. The van der Waals surface area contributed by atoms with Gasteiger partial charge in [-0.25, -0.2) is 0 Å². The highest BCUT2D eigenvalue weighted by Gasteiger charge is 2.33. The van der Waals surface area contributed by atoms with Crippen LogP contribution in [0.2, 0.25) is 0 Å². The lowest BCUT2D eigenvalue weighted by Crippen LogP contribution is -2.47. The lowest BCUT2D eigenvalue weighted by molar-refractivity contribution is -0.138. The standard InChI is InChI=1S/C15H25N3O2/c1-11(2)13-4-3-7-18(13)15(20)12-5-8-17(9-6-12)10-14(16)19/h3-4,11-13H,5-10H2,1-2H3,(H2,16,19). The number of likely N-dealkylation sites (tertiary alicyclic amines) is 1. The van der Waals surface area contributed by atoms with E-state index >= 15 is 0 Å². The third-order valence-electron chi connectivity index (χ3n) is 4.28. The number of nitrogens with zero attached hydrogens (tertiary/aromatic N) is 2. The molecule has 0 radical (unpaired) electrons. The molecule has 0 aliphatic carbocycles. The van der Waals surface area contributed by atoms with Gasteiger partial charge >= 0.3 is 0 Å². The molecule has 2 amide bonds. The maximum atomic E-state index is 12.6. The first kappa shape index (κ1) is 15.0. The summed E-state index contributed by atoms with van der Waals surface area (Å²) in [6.45, 7) is 6.91. The van der Waals surface area contributed by atoms with Crippen LogP contribution in [-0.2, 0) is 9.59 Å². The van der Waals surface area contributed by atoms with Crippen LogP contribution in [0, 0.1) is 11.8 Å². The summed E-state index contributed by atoms with van der Waals surface area (Å²) in [5.41, 5.74) is 5.20. The van der Waals surface area contributed by atoms with Gasteiger partial charge in [0.2, 0.25) is 11.8 Å². The number of nitrogens with two attached hydrogens (primary N) is 1. The number of primary amides is 1. The number of hydrogen-bond donors (Lipinski definition) is 1. The second-order valence-electron chi connectivity index (χ2n) is 6.17. The van der Waals surface area contributed by atoms with E-state index in [0.29, 0.717) is 12.5 Å². The highest BCUT2D eigenvalue weighted by molar-refractivity contribution is 5.80. The second kappa shape index (κ2) is 6.39. The van der Waals surface area contributed by atoms with E-state index in [9.17, 15) is 9.59 Å². The maximum absolute atomic E-state index is 12.6. The molecule has 1 saturated heterocycles. The Morgan fingerprint density at radius 2 is 1.95 bits per heavy atom. The van der Waals surface area contributed by atoms with Crippen molar-refractivity contribution in [3.8, 4) is 0 Å². The van der Waals surface area contributed by atoms with Crippen LogP contribution in [0.1, 0.15) is 26.7 Å². The van der Waals surface area contributed by atoms with Gasteiger partial charge in [0.15, 0.2) is 0 Å². The zero-order chi connectivity index (χ0) is 14.7. The summed E-state index contributed by atoms with van der Waals surface area (Å²) >= 11 is 0. The lowest BCUT2D eigenvalue weighted by Gasteiger charge is -2.35. The van der Waals surface area contributed by atoms with E-state index in [1.54, 1.807) is 0 Å². The van der Waals surface area contributed by atoms with E-state index in [4.69, 9.17) is 5.73 Å². The molecule has 2 aliphatic heterocycles. The average Bonchev–Trinajstić information content (AvgIpc) is 2.87. The van der Waals surface area contributed by atoms with Gasteiger partial charge in [-0.3, -0.25) is 14.5 Å². The third-order valence-corrected chi connectivity index (χ3v) is 4.28. The summed E-state index contributed by atoms with van der Waals surface area (Å²) in [6.07, 6.45) is 5.89. The summed E-state index contributed by atoms with van der Waals surface area (Å²) in [6, 6.07) is 0.242. The highest BCUT2D eigenvalue weighted by atomic mass is 16.2. The molecule has 0 spiro atoms. The number of carbonyl (C=O) groups excluding carboxylic acids is 2. The van der Waals surface area contributed by atoms with Gasteiger partial charge in [-0.05, 0) is 31.8 Å². The normalized spacial score (nSPS) is 24.6. The lowest BCUT2D eigenvalue weighted by atomic mass is 9.94. The van der Waals surface area contributed by atoms with E-state index < -0.39 is 0 Å². The molecule has 0 saturated carbocycles. The number of amides is 2. The van der Waals surface area contributed by atoms with Crippen LogP contribution in [0.5, 0.6) is 0 Å². The first-order valence-corrected chi connectivity index (χ1v) is 7.47. The number of piperidine rings is 1. The molecule has 1 fully saturated rings. The zero-order valence-corrected chi connectivity index (χ0v) is 12.4. The Morgan fingerprint density at radius 1 is 1.30 bits per heavy atom. The van der Waals surface area contributed by atoms with Gasteiger partial charge in [0.25, 0.3) is 0 Å². The molecule has 1 atom stereocenters. The quantitative estimate of drug-likeness (QED) is 0.767. The Kier molecular flexibility index (Phi) is 4.81. The van der Waals surface area contributed by atoms with Gasteiger partial charge in [-0.2, -0.15) is 0 Å². The Hall–Kier alpha value is -1.36. The van der Waals surface area contributed by atoms with Gasteiger partial charge in [0.1, 0.15) is 0 Å². The average molecular weight is 279 g/mol. The van der Waals surface area contributed by atoms with Crippen LogP contribution >= 0.6 is 0 Å². The number of hydrogen-bond acceptors (Lipinski definition) is 3. The van der Waals surface area contributed by atoms with Gasteiger partial charge < -0.3 is 10.6 Å². The Balaban J connectivity index is 1.87. The predicted molar refractivity (Wildman–Crippen MR) is 77.8 cm³/mol. The van der Waals surface area contributed by atoms with E-state index in [0.717, 1.165) is 32.5 Å². The van der Waals surface area contributed by atoms with E-state index in [1.165, 1.54) is 0 Å². The van der Waals surface area contributed by atoms with Crippen molar-refractivity contribution in [2.75, 3.05) is 26.2 Å². The van der Waals surface area contributed by atoms with Crippen molar-refractivity contribution < 1.29 is 9.59 Å². The Labute approximate surface area is 120 Å². The molecular weight excluding hydrogens is 254 g/mol. The Morgan fingerprint density at radius 3 is 2.50 bits per heavy atom. The molecular formula is C15H25N3O2. The van der Waals surface area contributed by atoms with Gasteiger partial charge in [0, 0.05) is 12.5 Å². The number of carbonyl (C=O) groups is 2. The van der Waals surface area contributed by atoms with Gasteiger partial charge in [0.05, 0.1) is 12.6 Å². The van der Waals surface area contributed by atoms with E-state index in [-0.39, 0.29) is 23.8 Å². The first-order chi connectivity index (χ1) is 9.49. The molecule has 2 N–H and O–H groups in total. The smallest absolute Gasteiger partial charge is 0.231 e. The monoisotopic (exact) mass is 279 g/mol.